The molecular weight excluding hydrogens is 314 g/mol. The maximum atomic E-state index is 13.0. The summed E-state index contributed by atoms with van der Waals surface area (Å²) in [7, 11) is 0. The average molecular weight is 335 g/mol. The minimum Gasteiger partial charge on any atom is -0.355 e. The Kier molecular flexibility index (Phi) is 9.53. The van der Waals surface area contributed by atoms with Gasteiger partial charge in [-0.3, -0.25) is 9.59 Å². The average Bonchev–Trinajstić information content (AvgIpc) is 2.45. The predicted octanol–water partition coefficient (Wildman–Crippen LogP) is 2.46. The third-order valence-corrected chi connectivity index (χ3v) is 2.98. The number of hydrogen-bond donors (Lipinski definition) is 2. The fraction of sp³-hybridized carbons (Fsp3) is 0.467. The van der Waals surface area contributed by atoms with Gasteiger partial charge < -0.3 is 10.6 Å². The second-order valence-corrected chi connectivity index (χ2v) is 4.81. The smallest absolute Gasteiger partial charge is 0.220 e. The molecule has 7 heteroatoms. The number of hydrogen-bond acceptors (Lipinski definition) is 3. The zero-order chi connectivity index (χ0) is 15.8. The van der Waals surface area contributed by atoms with Gasteiger partial charge in [0.15, 0.2) is 17.4 Å². The minimum atomic E-state index is -1.07. The Labute approximate surface area is 135 Å². The summed E-state index contributed by atoms with van der Waals surface area (Å²) in [5.74, 6) is -2.69. The molecule has 1 amide bonds. The Balaban J connectivity index is 0.00000441. The molecule has 2 N–H and O–H groups in total. The first-order valence-corrected chi connectivity index (χ1v) is 6.92. The Bertz CT molecular complexity index is 512. The van der Waals surface area contributed by atoms with Gasteiger partial charge in [-0.25, -0.2) is 8.78 Å². The van der Waals surface area contributed by atoms with Gasteiger partial charge in [-0.2, -0.15) is 0 Å². The molecule has 0 heterocycles. The van der Waals surface area contributed by atoms with E-state index in [2.05, 4.69) is 10.6 Å². The third-order valence-electron chi connectivity index (χ3n) is 2.98. The molecule has 0 bridgehead atoms. The molecule has 0 aliphatic heterocycles. The van der Waals surface area contributed by atoms with E-state index in [4.69, 9.17) is 0 Å². The molecule has 22 heavy (non-hydrogen) atoms. The molecule has 0 fully saturated rings. The van der Waals surface area contributed by atoms with Gasteiger partial charge in [0, 0.05) is 31.0 Å². The van der Waals surface area contributed by atoms with Crippen LogP contribution in [0.3, 0.4) is 0 Å². The summed E-state index contributed by atoms with van der Waals surface area (Å²) in [6.07, 6.45) is -0.0107. The summed E-state index contributed by atoms with van der Waals surface area (Å²) in [5.41, 5.74) is 0.0720. The molecule has 1 rings (SSSR count). The SMILES string of the molecule is CCN[C@H](C)CNC(=O)CCC(=O)c1ccc(F)c(F)c1.Cl. The number of carbonyl (C=O) groups excluding carboxylic acids is 2. The van der Waals surface area contributed by atoms with Crippen molar-refractivity contribution in [1.29, 1.82) is 0 Å². The lowest BCUT2D eigenvalue weighted by Crippen LogP contribution is -2.38. The van der Waals surface area contributed by atoms with Gasteiger partial charge in [-0.05, 0) is 31.7 Å². The van der Waals surface area contributed by atoms with Crippen LogP contribution < -0.4 is 10.6 Å². The van der Waals surface area contributed by atoms with Crippen molar-refractivity contribution in [3.63, 3.8) is 0 Å². The standard InChI is InChI=1S/C15H20F2N2O2.ClH/c1-3-18-10(2)9-19-15(21)7-6-14(20)11-4-5-12(16)13(17)8-11;/h4-5,8,10,18H,3,6-7,9H2,1-2H3,(H,19,21);1H/t10-;/m1./s1. The highest BCUT2D eigenvalue weighted by Gasteiger charge is 2.12. The van der Waals surface area contributed by atoms with Crippen molar-refractivity contribution in [2.75, 3.05) is 13.1 Å². The lowest BCUT2D eigenvalue weighted by Gasteiger charge is -2.13. The van der Waals surface area contributed by atoms with Crippen LogP contribution in [0.5, 0.6) is 0 Å². The fourth-order valence-electron chi connectivity index (χ4n) is 1.82. The Hall–Kier alpha value is -1.53. The lowest BCUT2D eigenvalue weighted by molar-refractivity contribution is -0.121. The second kappa shape index (κ2) is 10.2. The van der Waals surface area contributed by atoms with Crippen molar-refractivity contribution in [3.8, 4) is 0 Å². The number of ketones is 1. The van der Waals surface area contributed by atoms with E-state index in [1.165, 1.54) is 6.07 Å². The van der Waals surface area contributed by atoms with E-state index in [9.17, 15) is 18.4 Å². The van der Waals surface area contributed by atoms with Crippen LogP contribution in [0.4, 0.5) is 8.78 Å². The molecule has 0 radical (unpaired) electrons. The van der Waals surface area contributed by atoms with Crippen LogP contribution in [0.15, 0.2) is 18.2 Å². The zero-order valence-corrected chi connectivity index (χ0v) is 13.4. The maximum Gasteiger partial charge on any atom is 0.220 e. The van der Waals surface area contributed by atoms with Crippen molar-refractivity contribution >= 4 is 24.1 Å². The molecule has 1 aromatic rings. The number of carbonyl (C=O) groups is 2. The van der Waals surface area contributed by atoms with Gasteiger partial charge >= 0.3 is 0 Å². The van der Waals surface area contributed by atoms with Crippen molar-refractivity contribution in [2.24, 2.45) is 0 Å². The molecule has 0 unspecified atom stereocenters. The van der Waals surface area contributed by atoms with Crippen molar-refractivity contribution in [1.82, 2.24) is 10.6 Å². The molecule has 1 aromatic carbocycles. The highest BCUT2D eigenvalue weighted by Crippen LogP contribution is 2.11. The monoisotopic (exact) mass is 334 g/mol. The Morgan fingerprint density at radius 1 is 1.18 bits per heavy atom. The number of rotatable bonds is 8. The van der Waals surface area contributed by atoms with Crippen molar-refractivity contribution in [2.45, 2.75) is 32.7 Å². The van der Waals surface area contributed by atoms with Crippen LogP contribution in [0, 0.1) is 11.6 Å². The van der Waals surface area contributed by atoms with Gasteiger partial charge in [-0.1, -0.05) is 6.92 Å². The molecule has 124 valence electrons. The lowest BCUT2D eigenvalue weighted by atomic mass is 10.1. The Morgan fingerprint density at radius 2 is 1.86 bits per heavy atom. The summed E-state index contributed by atoms with van der Waals surface area (Å²) < 4.78 is 25.8. The van der Waals surface area contributed by atoms with Gasteiger partial charge in [0.1, 0.15) is 0 Å². The summed E-state index contributed by atoms with van der Waals surface area (Å²) in [6.45, 7) is 5.20. The molecular formula is C15H21ClF2N2O2. The molecule has 4 nitrogen and oxygen atoms in total. The van der Waals surface area contributed by atoms with Crippen LogP contribution in [-0.2, 0) is 4.79 Å². The normalized spacial score (nSPS) is 11.5. The number of likely N-dealkylation sites (N-methyl/N-ethyl adjacent to an activating group) is 1. The molecule has 0 saturated heterocycles. The number of amides is 1. The van der Waals surface area contributed by atoms with Crippen LogP contribution in [0.2, 0.25) is 0 Å². The molecule has 0 saturated carbocycles. The van der Waals surface area contributed by atoms with Crippen LogP contribution in [-0.4, -0.2) is 30.8 Å². The molecule has 0 aromatic heterocycles. The van der Waals surface area contributed by atoms with Gasteiger partial charge in [0.2, 0.25) is 5.91 Å². The number of Topliss-reactive ketones (excluding diaryl/α,β-unsaturated/α-hetero) is 1. The Morgan fingerprint density at radius 3 is 2.45 bits per heavy atom. The third kappa shape index (κ3) is 6.95. The van der Waals surface area contributed by atoms with Crippen molar-refractivity contribution < 1.29 is 18.4 Å². The van der Waals surface area contributed by atoms with E-state index in [0.717, 1.165) is 18.7 Å². The zero-order valence-electron chi connectivity index (χ0n) is 12.6. The summed E-state index contributed by atoms with van der Waals surface area (Å²) in [4.78, 5) is 23.4. The summed E-state index contributed by atoms with van der Waals surface area (Å²) >= 11 is 0. The van der Waals surface area contributed by atoms with E-state index in [1.807, 2.05) is 13.8 Å². The van der Waals surface area contributed by atoms with Crippen LogP contribution in [0.25, 0.3) is 0 Å². The van der Waals surface area contributed by atoms with E-state index in [-0.39, 0.29) is 48.5 Å². The van der Waals surface area contributed by atoms with E-state index in [1.54, 1.807) is 0 Å². The van der Waals surface area contributed by atoms with Crippen LogP contribution in [0.1, 0.15) is 37.0 Å². The van der Waals surface area contributed by atoms with Crippen LogP contribution >= 0.6 is 12.4 Å². The number of benzene rings is 1. The summed E-state index contributed by atoms with van der Waals surface area (Å²) in [5, 5.41) is 5.85. The van der Waals surface area contributed by atoms with Gasteiger partial charge in [0.25, 0.3) is 0 Å². The highest BCUT2D eigenvalue weighted by molar-refractivity contribution is 5.97. The quantitative estimate of drug-likeness (QED) is 0.718. The van der Waals surface area contributed by atoms with Gasteiger partial charge in [0.05, 0.1) is 0 Å². The first kappa shape index (κ1) is 20.5. The summed E-state index contributed by atoms with van der Waals surface area (Å²) in [6, 6.07) is 3.12. The number of halogens is 3. The molecule has 0 aliphatic rings. The first-order valence-electron chi connectivity index (χ1n) is 6.92. The fourth-order valence-corrected chi connectivity index (χ4v) is 1.82. The largest absolute Gasteiger partial charge is 0.355 e. The molecule has 0 aliphatic carbocycles. The van der Waals surface area contributed by atoms with Crippen molar-refractivity contribution in [3.05, 3.63) is 35.4 Å². The van der Waals surface area contributed by atoms with E-state index in [0.29, 0.717) is 6.54 Å². The number of nitrogens with one attached hydrogen (secondary N) is 2. The van der Waals surface area contributed by atoms with E-state index < -0.39 is 11.6 Å². The predicted molar refractivity (Wildman–Crippen MR) is 83.3 cm³/mol. The van der Waals surface area contributed by atoms with E-state index >= 15 is 0 Å². The molecule has 0 spiro atoms. The second-order valence-electron chi connectivity index (χ2n) is 4.81. The first-order chi connectivity index (χ1) is 9.93. The molecule has 1 atom stereocenters. The highest BCUT2D eigenvalue weighted by atomic mass is 35.5. The maximum absolute atomic E-state index is 13.0. The van der Waals surface area contributed by atoms with Gasteiger partial charge in [-0.15, -0.1) is 12.4 Å². The minimum absolute atomic E-state index is 0. The topological polar surface area (TPSA) is 58.2 Å².